The Morgan fingerprint density at radius 2 is 1.57 bits per heavy atom. The van der Waals surface area contributed by atoms with Crippen molar-refractivity contribution in [3.8, 4) is 11.4 Å². The van der Waals surface area contributed by atoms with Crippen LogP contribution in [0.25, 0.3) is 5.69 Å². The number of sulfonamides is 1. The molecule has 0 amide bonds. The number of nitrogens with zero attached hydrogens (tertiary/aromatic N) is 4. The summed E-state index contributed by atoms with van der Waals surface area (Å²) in [7, 11) is -3.45. The first kappa shape index (κ1) is 26.8. The van der Waals surface area contributed by atoms with Crippen molar-refractivity contribution in [1.82, 2.24) is 14.1 Å². The van der Waals surface area contributed by atoms with Gasteiger partial charge < -0.3 is 14.4 Å². The van der Waals surface area contributed by atoms with Gasteiger partial charge in [-0.1, -0.05) is 61.9 Å². The molecule has 0 saturated carbocycles. The molecule has 0 N–H and O–H groups in total. The van der Waals surface area contributed by atoms with Crippen LogP contribution in [0.4, 0.5) is 5.69 Å². The Labute approximate surface area is 218 Å². The summed E-state index contributed by atoms with van der Waals surface area (Å²) in [5.41, 5.74) is 1.60. The number of benzene rings is 2. The lowest BCUT2D eigenvalue weighted by molar-refractivity contribution is 0.0974. The Balaban J connectivity index is 1.49. The number of para-hydroxylation sites is 1. The molecule has 10 heteroatoms. The second kappa shape index (κ2) is 12.8. The van der Waals surface area contributed by atoms with E-state index in [1.807, 2.05) is 65.6 Å². The van der Waals surface area contributed by atoms with Crippen molar-refractivity contribution in [2.24, 2.45) is 0 Å². The molecule has 0 aliphatic carbocycles. The van der Waals surface area contributed by atoms with Gasteiger partial charge in [0.05, 0.1) is 24.2 Å². The van der Waals surface area contributed by atoms with Gasteiger partial charge in [-0.3, -0.25) is 4.79 Å². The topological polar surface area (TPSA) is 94.0 Å². The van der Waals surface area contributed by atoms with Crippen LogP contribution >= 0.6 is 0 Å². The molecule has 1 aromatic heterocycles. The zero-order chi connectivity index (χ0) is 26.1. The first-order valence-corrected chi connectivity index (χ1v) is 14.3. The molecule has 1 fully saturated rings. The second-order valence-electron chi connectivity index (χ2n) is 8.85. The van der Waals surface area contributed by atoms with Crippen LogP contribution in [0, 0.1) is 0 Å². The van der Waals surface area contributed by atoms with E-state index in [1.165, 1.54) is 8.99 Å². The Hall–Kier alpha value is -3.21. The van der Waals surface area contributed by atoms with Crippen LogP contribution in [0.3, 0.4) is 0 Å². The Kier molecular flexibility index (Phi) is 9.32. The molecule has 0 spiro atoms. The van der Waals surface area contributed by atoms with Crippen molar-refractivity contribution in [2.45, 2.75) is 25.5 Å². The van der Waals surface area contributed by atoms with Gasteiger partial charge in [0.2, 0.25) is 15.8 Å². The molecule has 4 rings (SSSR count). The third-order valence-electron chi connectivity index (χ3n) is 6.20. The predicted octanol–water partition coefficient (Wildman–Crippen LogP) is 3.08. The number of unbranched alkanes of at least 4 members (excludes halogenated alkanes) is 1. The van der Waals surface area contributed by atoms with Gasteiger partial charge in [-0.15, -0.1) is 0 Å². The number of rotatable bonds is 12. The molecule has 198 valence electrons. The lowest BCUT2D eigenvalue weighted by Crippen LogP contribution is -2.49. The van der Waals surface area contributed by atoms with Crippen LogP contribution in [0.5, 0.6) is 5.75 Å². The van der Waals surface area contributed by atoms with Crippen molar-refractivity contribution in [1.29, 1.82) is 0 Å². The number of aromatic nitrogens is 2. The van der Waals surface area contributed by atoms with E-state index in [0.717, 1.165) is 18.4 Å². The fraction of sp³-hybridized carbons (Fsp3) is 0.407. The van der Waals surface area contributed by atoms with Crippen molar-refractivity contribution < 1.29 is 17.9 Å². The molecule has 0 bridgehead atoms. The van der Waals surface area contributed by atoms with Crippen LogP contribution in [0.2, 0.25) is 0 Å². The van der Waals surface area contributed by atoms with Crippen LogP contribution in [-0.2, 0) is 20.5 Å². The van der Waals surface area contributed by atoms with Gasteiger partial charge >= 0.3 is 5.56 Å². The highest BCUT2D eigenvalue weighted by Crippen LogP contribution is 2.26. The Morgan fingerprint density at radius 3 is 2.24 bits per heavy atom. The van der Waals surface area contributed by atoms with E-state index in [2.05, 4.69) is 12.0 Å². The van der Waals surface area contributed by atoms with E-state index in [1.54, 1.807) is 6.20 Å². The maximum absolute atomic E-state index is 13.4. The van der Waals surface area contributed by atoms with E-state index >= 15 is 0 Å². The molecular weight excluding hydrogens is 492 g/mol. The van der Waals surface area contributed by atoms with Gasteiger partial charge in [-0.2, -0.15) is 14.1 Å². The molecule has 1 aliphatic heterocycles. The van der Waals surface area contributed by atoms with Crippen molar-refractivity contribution in [2.75, 3.05) is 50.9 Å². The normalized spacial score (nSPS) is 14.6. The SMILES string of the molecule is CCCCOCCOc1c(N2CCN(S(=O)(=O)Cc3ccccc3)CC2)cnn(-c2ccccc2)c1=O. The highest BCUT2D eigenvalue weighted by atomic mass is 32.2. The lowest BCUT2D eigenvalue weighted by Gasteiger charge is -2.35. The fourth-order valence-corrected chi connectivity index (χ4v) is 5.69. The minimum Gasteiger partial charge on any atom is -0.484 e. The van der Waals surface area contributed by atoms with E-state index in [9.17, 15) is 13.2 Å². The molecule has 1 saturated heterocycles. The average Bonchev–Trinajstić information content (AvgIpc) is 2.92. The Bertz CT molecular complexity index is 1290. The maximum atomic E-state index is 13.4. The van der Waals surface area contributed by atoms with E-state index in [-0.39, 0.29) is 23.7 Å². The summed E-state index contributed by atoms with van der Waals surface area (Å²) in [4.78, 5) is 15.4. The average molecular weight is 527 g/mol. The summed E-state index contributed by atoms with van der Waals surface area (Å²) >= 11 is 0. The van der Waals surface area contributed by atoms with Gasteiger partial charge in [0, 0.05) is 32.8 Å². The minimum absolute atomic E-state index is 0.0328. The monoisotopic (exact) mass is 526 g/mol. The largest absolute Gasteiger partial charge is 0.484 e. The van der Waals surface area contributed by atoms with Crippen molar-refractivity contribution >= 4 is 15.7 Å². The number of ether oxygens (including phenoxy) is 2. The molecule has 37 heavy (non-hydrogen) atoms. The van der Waals surface area contributed by atoms with Gasteiger partial charge in [0.1, 0.15) is 12.3 Å². The molecular formula is C27H34N4O5S. The third-order valence-corrected chi connectivity index (χ3v) is 8.05. The van der Waals surface area contributed by atoms with Gasteiger partial charge in [-0.25, -0.2) is 8.42 Å². The molecule has 0 radical (unpaired) electrons. The maximum Gasteiger partial charge on any atom is 0.316 e. The summed E-state index contributed by atoms with van der Waals surface area (Å²) in [6, 6.07) is 18.3. The molecule has 0 atom stereocenters. The summed E-state index contributed by atoms with van der Waals surface area (Å²) < 4.78 is 40.3. The number of hydrogen-bond acceptors (Lipinski definition) is 7. The van der Waals surface area contributed by atoms with E-state index in [4.69, 9.17) is 9.47 Å². The number of hydrogen-bond donors (Lipinski definition) is 0. The highest BCUT2D eigenvalue weighted by Gasteiger charge is 2.29. The molecule has 9 nitrogen and oxygen atoms in total. The summed E-state index contributed by atoms with van der Waals surface area (Å²) in [6.45, 7) is 4.83. The van der Waals surface area contributed by atoms with Gasteiger partial charge in [-0.05, 0) is 24.1 Å². The summed E-state index contributed by atoms with van der Waals surface area (Å²) in [6.07, 6.45) is 3.64. The van der Waals surface area contributed by atoms with Crippen molar-refractivity contribution in [3.05, 3.63) is 82.8 Å². The smallest absolute Gasteiger partial charge is 0.316 e. The van der Waals surface area contributed by atoms with E-state index in [0.29, 0.717) is 50.8 Å². The molecule has 1 aliphatic rings. The van der Waals surface area contributed by atoms with Crippen LogP contribution < -0.4 is 15.2 Å². The van der Waals surface area contributed by atoms with Gasteiger partial charge in [0.25, 0.3) is 0 Å². The summed E-state index contributed by atoms with van der Waals surface area (Å²) in [5, 5.41) is 4.40. The number of anilines is 1. The first-order valence-electron chi connectivity index (χ1n) is 12.6. The minimum atomic E-state index is -3.45. The van der Waals surface area contributed by atoms with E-state index < -0.39 is 10.0 Å². The molecule has 0 unspecified atom stereocenters. The predicted molar refractivity (Wildman–Crippen MR) is 144 cm³/mol. The number of piperazine rings is 1. The Morgan fingerprint density at radius 1 is 0.892 bits per heavy atom. The second-order valence-corrected chi connectivity index (χ2v) is 10.8. The fourth-order valence-electron chi connectivity index (χ4n) is 4.18. The standard InChI is InChI=1S/C27H34N4O5S/c1-2-3-18-35-19-20-36-26-25(21-28-31(27(26)32)24-12-8-5-9-13-24)29-14-16-30(17-15-29)37(33,34)22-23-10-6-4-7-11-23/h4-13,21H,2-3,14-20,22H2,1H3. The molecule has 2 aromatic carbocycles. The first-order chi connectivity index (χ1) is 18.0. The van der Waals surface area contributed by atoms with Crippen LogP contribution in [-0.4, -0.2) is 68.5 Å². The highest BCUT2D eigenvalue weighted by molar-refractivity contribution is 7.88. The lowest BCUT2D eigenvalue weighted by atomic mass is 10.2. The zero-order valence-corrected chi connectivity index (χ0v) is 22.0. The zero-order valence-electron chi connectivity index (χ0n) is 21.2. The van der Waals surface area contributed by atoms with Crippen molar-refractivity contribution in [3.63, 3.8) is 0 Å². The quantitative estimate of drug-likeness (QED) is 0.335. The van der Waals surface area contributed by atoms with Crippen LogP contribution in [0.1, 0.15) is 25.3 Å². The van der Waals surface area contributed by atoms with Gasteiger partial charge in [0.15, 0.2) is 0 Å². The van der Waals surface area contributed by atoms with Crippen LogP contribution in [0.15, 0.2) is 71.7 Å². The third kappa shape index (κ3) is 6.97. The summed E-state index contributed by atoms with van der Waals surface area (Å²) in [5.74, 6) is 0.160. The molecule has 2 heterocycles. The molecule has 3 aromatic rings.